The molecule has 23 nitrogen and oxygen atoms in total. The molecule has 78 heavy (non-hydrogen) atoms. The van der Waals surface area contributed by atoms with E-state index in [0.29, 0.717) is 49.2 Å². The minimum Gasteiger partial charge on any atom is -0.494 e. The van der Waals surface area contributed by atoms with Crippen molar-refractivity contribution in [1.82, 2.24) is 42.1 Å². The number of nitrogens with two attached hydrogens (primary N) is 4. The molecule has 7 atom stereocenters. The third-order valence-corrected chi connectivity index (χ3v) is 17.0. The Morgan fingerprint density at radius 1 is 0.808 bits per heavy atom. The lowest BCUT2D eigenvalue weighted by Crippen LogP contribution is -2.61. The molecule has 1 spiro atoms. The first kappa shape index (κ1) is 62.2. The summed E-state index contributed by atoms with van der Waals surface area (Å²) >= 11 is 0. The van der Waals surface area contributed by atoms with Crippen LogP contribution in [-0.4, -0.2) is 150 Å². The minimum atomic E-state index is -1.63. The first-order valence-electron chi connectivity index (χ1n) is 26.8. The molecule has 9 amide bonds. The van der Waals surface area contributed by atoms with E-state index in [0.717, 1.165) is 19.3 Å². The number of ether oxygens (including phenoxy) is 1. The van der Waals surface area contributed by atoms with Crippen molar-refractivity contribution in [2.75, 3.05) is 38.5 Å². The van der Waals surface area contributed by atoms with Crippen molar-refractivity contribution >= 4 is 80.7 Å². The van der Waals surface area contributed by atoms with Crippen LogP contribution in [0.5, 0.6) is 5.75 Å². The molecule has 0 radical (unpaired) electrons. The van der Waals surface area contributed by atoms with Gasteiger partial charge in [-0.05, 0) is 74.6 Å². The summed E-state index contributed by atoms with van der Waals surface area (Å²) in [5, 5.41) is 19.5. The lowest BCUT2D eigenvalue weighted by molar-refractivity contribution is -0.142. The Kier molecular flexibility index (Phi) is 24.8. The predicted octanol–water partition coefficient (Wildman–Crippen LogP) is -0.0818. The SMILES string of the molecule is CCOc1ccc(C[C@H]2NC(=O)CC3(CCCCC3)SSC[C@@H](C(=O)N3CCC[C@H]3C(=O)N[C@@H](CCCN=C(N)N)C(=O)NCCN)NC(=O)[C@H](CC(N)=O)NC(=O)[C@H](C(C)C)NC(=O)[C@H](Cc3ccccc3)NC2=O)cc1. The van der Waals surface area contributed by atoms with Crippen LogP contribution in [0.3, 0.4) is 0 Å². The molecule has 1 saturated carbocycles. The highest BCUT2D eigenvalue weighted by Crippen LogP contribution is 2.48. The van der Waals surface area contributed by atoms with Gasteiger partial charge in [0.1, 0.15) is 48.0 Å². The fourth-order valence-electron chi connectivity index (χ4n) is 9.69. The Morgan fingerprint density at radius 2 is 1.45 bits per heavy atom. The average Bonchev–Trinajstić information content (AvgIpc) is 3.93. The van der Waals surface area contributed by atoms with E-state index < -0.39 is 113 Å². The largest absolute Gasteiger partial charge is 0.494 e. The van der Waals surface area contributed by atoms with E-state index in [1.807, 2.05) is 6.92 Å². The molecule has 2 aromatic rings. The summed E-state index contributed by atoms with van der Waals surface area (Å²) in [7, 11) is 2.64. The van der Waals surface area contributed by atoms with Crippen LogP contribution >= 0.6 is 21.6 Å². The number of carbonyl (C=O) groups excluding carboxylic acids is 9. The second kappa shape index (κ2) is 31.1. The number of guanidine groups is 1. The molecule has 3 fully saturated rings. The second-order valence-electron chi connectivity index (χ2n) is 20.2. The number of benzene rings is 2. The van der Waals surface area contributed by atoms with Gasteiger partial charge in [0.25, 0.3) is 0 Å². The van der Waals surface area contributed by atoms with Crippen LogP contribution in [0.25, 0.3) is 0 Å². The van der Waals surface area contributed by atoms with Gasteiger partial charge in [0.2, 0.25) is 53.2 Å². The number of hydrogen-bond acceptors (Lipinski definition) is 14. The highest BCUT2D eigenvalue weighted by atomic mass is 33.1. The number of hydrogen-bond donors (Lipinski definition) is 11. The summed E-state index contributed by atoms with van der Waals surface area (Å²) in [5.41, 5.74) is 23.7. The molecule has 25 heteroatoms. The highest BCUT2D eigenvalue weighted by molar-refractivity contribution is 8.77. The lowest BCUT2D eigenvalue weighted by Gasteiger charge is -2.37. The predicted molar refractivity (Wildman–Crippen MR) is 299 cm³/mol. The van der Waals surface area contributed by atoms with E-state index in [1.54, 1.807) is 68.4 Å². The molecular formula is C53H79N13O10S2. The van der Waals surface area contributed by atoms with Crippen molar-refractivity contribution in [3.05, 3.63) is 65.7 Å². The van der Waals surface area contributed by atoms with Gasteiger partial charge in [-0.25, -0.2) is 0 Å². The van der Waals surface area contributed by atoms with E-state index in [2.05, 4.69) is 42.2 Å². The summed E-state index contributed by atoms with van der Waals surface area (Å²) in [6, 6.07) is 7.26. The van der Waals surface area contributed by atoms with Gasteiger partial charge in [-0.2, -0.15) is 0 Å². The zero-order valence-corrected chi connectivity index (χ0v) is 46.5. The quantitative estimate of drug-likeness (QED) is 0.0379. The average molecular weight is 1120 g/mol. The van der Waals surface area contributed by atoms with Gasteiger partial charge in [0.05, 0.1) is 13.0 Å². The molecule has 0 bridgehead atoms. The van der Waals surface area contributed by atoms with E-state index >= 15 is 0 Å². The van der Waals surface area contributed by atoms with Gasteiger partial charge in [0.15, 0.2) is 5.96 Å². The van der Waals surface area contributed by atoms with Crippen molar-refractivity contribution < 1.29 is 47.9 Å². The topological polar surface area (TPSA) is 367 Å². The highest BCUT2D eigenvalue weighted by Gasteiger charge is 2.42. The molecule has 3 aliphatic rings. The fourth-order valence-corrected chi connectivity index (χ4v) is 13.0. The van der Waals surface area contributed by atoms with Crippen LogP contribution in [0.4, 0.5) is 0 Å². The van der Waals surface area contributed by atoms with Crippen molar-refractivity contribution in [1.29, 1.82) is 0 Å². The van der Waals surface area contributed by atoms with E-state index in [1.165, 1.54) is 26.5 Å². The first-order chi connectivity index (χ1) is 37.3. The van der Waals surface area contributed by atoms with Crippen molar-refractivity contribution in [2.24, 2.45) is 33.8 Å². The Bertz CT molecular complexity index is 2410. The van der Waals surface area contributed by atoms with Crippen LogP contribution in [0.2, 0.25) is 0 Å². The van der Waals surface area contributed by atoms with E-state index in [4.69, 9.17) is 27.7 Å². The number of likely N-dealkylation sites (tertiary alicyclic amines) is 1. The van der Waals surface area contributed by atoms with Crippen molar-refractivity contribution in [2.45, 2.75) is 151 Å². The van der Waals surface area contributed by atoms with Crippen LogP contribution in [0, 0.1) is 5.92 Å². The van der Waals surface area contributed by atoms with Gasteiger partial charge in [0, 0.05) is 55.9 Å². The molecule has 2 aromatic carbocycles. The molecule has 428 valence electrons. The molecule has 2 saturated heterocycles. The molecule has 15 N–H and O–H groups in total. The molecule has 1 aliphatic carbocycles. The maximum Gasteiger partial charge on any atom is 0.246 e. The molecule has 2 aliphatic heterocycles. The van der Waals surface area contributed by atoms with E-state index in [9.17, 15) is 43.2 Å². The van der Waals surface area contributed by atoms with Crippen LogP contribution in [0.15, 0.2) is 59.6 Å². The Balaban J connectivity index is 1.52. The third-order valence-electron chi connectivity index (χ3n) is 13.7. The number of nitrogens with zero attached hydrogens (tertiary/aromatic N) is 2. The lowest BCUT2D eigenvalue weighted by atomic mass is 9.85. The summed E-state index contributed by atoms with van der Waals surface area (Å²) in [4.78, 5) is 133. The van der Waals surface area contributed by atoms with Crippen LogP contribution in [-0.2, 0) is 56.0 Å². The summed E-state index contributed by atoms with van der Waals surface area (Å²) < 4.78 is 4.95. The zero-order chi connectivity index (χ0) is 56.8. The maximum atomic E-state index is 15.0. The van der Waals surface area contributed by atoms with Gasteiger partial charge in [-0.3, -0.25) is 48.1 Å². The van der Waals surface area contributed by atoms with Gasteiger partial charge in [-0.1, -0.05) is 97.2 Å². The monoisotopic (exact) mass is 1120 g/mol. The van der Waals surface area contributed by atoms with Gasteiger partial charge >= 0.3 is 0 Å². The summed E-state index contributed by atoms with van der Waals surface area (Å²) in [6.45, 7) is 6.25. The molecular weight excluding hydrogens is 1040 g/mol. The maximum absolute atomic E-state index is 15.0. The smallest absolute Gasteiger partial charge is 0.246 e. The number of primary amides is 1. The molecule has 0 unspecified atom stereocenters. The van der Waals surface area contributed by atoms with Crippen molar-refractivity contribution in [3.63, 3.8) is 0 Å². The molecule has 5 rings (SSSR count). The number of amides is 9. The Hall–Kier alpha value is -6.60. The van der Waals surface area contributed by atoms with Gasteiger partial charge in [-0.15, -0.1) is 0 Å². The number of nitrogens with one attached hydrogen (secondary N) is 7. The van der Waals surface area contributed by atoms with E-state index in [-0.39, 0.29) is 70.0 Å². The third kappa shape index (κ3) is 19.4. The van der Waals surface area contributed by atoms with Gasteiger partial charge < -0.3 is 69.8 Å². The fraction of sp³-hybridized carbons (Fsp3) is 0.585. The van der Waals surface area contributed by atoms with Crippen molar-refractivity contribution in [3.8, 4) is 5.75 Å². The minimum absolute atomic E-state index is 0.00139. The Morgan fingerprint density at radius 3 is 2.09 bits per heavy atom. The number of carbonyl (C=O) groups is 9. The zero-order valence-electron chi connectivity index (χ0n) is 44.9. The standard InChI is InChI=1S/C53H79N13O10S2/c1-4-76-35-19-17-34(18-20-35)28-37-46(70)62-38(27-33-13-7-5-8-14-33)48(72)65-44(32(2)3)50(74)63-39(29-42(55)67)47(71)64-40(31-77-78-53(30-43(68)60-37)21-9-6-10-22-53)51(75)66-26-12-16-41(66)49(73)61-36(45(69)58-25-23-54)15-11-24-59-52(56)57/h5,7-8,13-14,17-20,32,36-41,44H,4,6,9-12,15-16,21-31,54H2,1-3H3,(H2,55,67)(H,58,69)(H,60,68)(H,61,73)(H,62,70)(H,63,74)(H,64,71)(H,65,72)(H4,56,57,59)/t36-,37+,38-,39-,40-,41-,44-/m0/s1. The van der Waals surface area contributed by atoms with Crippen LogP contribution < -0.4 is 64.9 Å². The summed E-state index contributed by atoms with van der Waals surface area (Å²) in [6.07, 6.45) is 4.22. The normalized spacial score (nSPS) is 23.1. The Labute approximate surface area is 464 Å². The summed E-state index contributed by atoms with van der Waals surface area (Å²) in [5.74, 6) is -6.50. The number of rotatable bonds is 19. The first-order valence-corrected chi connectivity index (χ1v) is 29.1. The number of aliphatic imine (C=N–C) groups is 1. The van der Waals surface area contributed by atoms with Crippen LogP contribution in [0.1, 0.15) is 103 Å². The second-order valence-corrected chi connectivity index (χ2v) is 23.1. The molecule has 0 aromatic heterocycles. The molecule has 2 heterocycles.